The lowest BCUT2D eigenvalue weighted by Gasteiger charge is -2.34. The van der Waals surface area contributed by atoms with Crippen LogP contribution >= 0.6 is 11.6 Å². The Bertz CT molecular complexity index is 615. The summed E-state index contributed by atoms with van der Waals surface area (Å²) in [6.07, 6.45) is 5.74. The minimum absolute atomic E-state index is 0.121. The number of nitrogens with zero attached hydrogens (tertiary/aromatic N) is 1. The minimum atomic E-state index is -0.789. The number of amides is 2. The van der Waals surface area contributed by atoms with Crippen LogP contribution < -0.4 is 5.32 Å². The molecule has 0 aromatic heterocycles. The summed E-state index contributed by atoms with van der Waals surface area (Å²) < 4.78 is 13.4. The Morgan fingerprint density at radius 1 is 1.22 bits per heavy atom. The first-order chi connectivity index (χ1) is 13.0. The molecular formula is C21H30ClFN2O2. The van der Waals surface area contributed by atoms with Crippen LogP contribution in [0.4, 0.5) is 4.39 Å². The number of nitrogens with one attached hydrogen (secondary N) is 1. The third-order valence-electron chi connectivity index (χ3n) is 5.30. The molecule has 0 bridgehead atoms. The highest BCUT2D eigenvalue weighted by Crippen LogP contribution is 2.27. The van der Waals surface area contributed by atoms with E-state index in [1.54, 1.807) is 12.1 Å². The zero-order valence-electron chi connectivity index (χ0n) is 16.2. The number of benzene rings is 1. The summed E-state index contributed by atoms with van der Waals surface area (Å²) in [5, 5.41) is 3.12. The van der Waals surface area contributed by atoms with Gasteiger partial charge in [0.05, 0.1) is 0 Å². The van der Waals surface area contributed by atoms with E-state index < -0.39 is 6.04 Å². The molecule has 150 valence electrons. The van der Waals surface area contributed by atoms with Gasteiger partial charge in [-0.05, 0) is 55.7 Å². The quantitative estimate of drug-likeness (QED) is 0.661. The molecule has 0 aliphatic heterocycles. The highest BCUT2D eigenvalue weighted by atomic mass is 35.5. The highest BCUT2D eigenvalue weighted by Gasteiger charge is 2.32. The number of unbranched alkanes of at least 4 members (excludes halogenated alkanes) is 1. The SMILES string of the molecule is CCCCN(C(=O)CCl)C(C(=O)NC1CCC(C)CC1)c1ccc(F)cc1. The smallest absolute Gasteiger partial charge is 0.247 e. The molecular weight excluding hydrogens is 367 g/mol. The van der Waals surface area contributed by atoms with Crippen LogP contribution in [0.2, 0.25) is 0 Å². The second-order valence-corrected chi connectivity index (χ2v) is 7.76. The second-order valence-electron chi connectivity index (χ2n) is 7.49. The molecule has 1 unspecified atom stereocenters. The second kappa shape index (κ2) is 10.6. The fourth-order valence-electron chi connectivity index (χ4n) is 3.61. The third-order valence-corrected chi connectivity index (χ3v) is 5.52. The molecule has 27 heavy (non-hydrogen) atoms. The Labute approximate surface area is 166 Å². The fourth-order valence-corrected chi connectivity index (χ4v) is 3.76. The summed E-state index contributed by atoms with van der Waals surface area (Å²) >= 11 is 5.81. The van der Waals surface area contributed by atoms with Crippen molar-refractivity contribution in [1.29, 1.82) is 0 Å². The van der Waals surface area contributed by atoms with Crippen molar-refractivity contribution in [3.8, 4) is 0 Å². The Hall–Kier alpha value is -1.62. The van der Waals surface area contributed by atoms with Gasteiger partial charge in [-0.1, -0.05) is 32.4 Å². The van der Waals surface area contributed by atoms with Gasteiger partial charge in [0, 0.05) is 12.6 Å². The molecule has 1 saturated carbocycles. The number of halogens is 2. The van der Waals surface area contributed by atoms with Crippen LogP contribution in [0.15, 0.2) is 24.3 Å². The van der Waals surface area contributed by atoms with E-state index in [9.17, 15) is 14.0 Å². The Morgan fingerprint density at radius 2 is 1.85 bits per heavy atom. The van der Waals surface area contributed by atoms with Gasteiger partial charge in [0.1, 0.15) is 17.7 Å². The van der Waals surface area contributed by atoms with Crippen molar-refractivity contribution in [2.75, 3.05) is 12.4 Å². The zero-order valence-corrected chi connectivity index (χ0v) is 17.0. The Morgan fingerprint density at radius 3 is 2.41 bits per heavy atom. The van der Waals surface area contributed by atoms with Gasteiger partial charge in [-0.3, -0.25) is 9.59 Å². The maximum Gasteiger partial charge on any atom is 0.247 e. The maximum absolute atomic E-state index is 13.4. The summed E-state index contributed by atoms with van der Waals surface area (Å²) in [4.78, 5) is 27.2. The summed E-state index contributed by atoms with van der Waals surface area (Å²) in [6.45, 7) is 4.70. The van der Waals surface area contributed by atoms with Gasteiger partial charge in [-0.2, -0.15) is 0 Å². The number of carbonyl (C=O) groups excluding carboxylic acids is 2. The lowest BCUT2D eigenvalue weighted by atomic mass is 9.87. The number of hydrogen-bond acceptors (Lipinski definition) is 2. The first-order valence-corrected chi connectivity index (χ1v) is 10.4. The van der Waals surface area contributed by atoms with Crippen molar-refractivity contribution in [1.82, 2.24) is 10.2 Å². The van der Waals surface area contributed by atoms with E-state index >= 15 is 0 Å². The van der Waals surface area contributed by atoms with E-state index in [1.165, 1.54) is 17.0 Å². The van der Waals surface area contributed by atoms with E-state index in [2.05, 4.69) is 12.2 Å². The van der Waals surface area contributed by atoms with Crippen molar-refractivity contribution in [2.24, 2.45) is 5.92 Å². The van der Waals surface area contributed by atoms with E-state index in [1.807, 2.05) is 6.92 Å². The van der Waals surface area contributed by atoms with Gasteiger partial charge in [0.2, 0.25) is 11.8 Å². The largest absolute Gasteiger partial charge is 0.351 e. The maximum atomic E-state index is 13.4. The molecule has 1 aliphatic rings. The first-order valence-electron chi connectivity index (χ1n) is 9.87. The molecule has 2 amide bonds. The highest BCUT2D eigenvalue weighted by molar-refractivity contribution is 6.27. The van der Waals surface area contributed by atoms with E-state index in [0.29, 0.717) is 18.0 Å². The monoisotopic (exact) mass is 396 g/mol. The average molecular weight is 397 g/mol. The first kappa shape index (κ1) is 21.7. The lowest BCUT2D eigenvalue weighted by molar-refractivity contribution is -0.139. The number of alkyl halides is 1. The predicted molar refractivity (Wildman–Crippen MR) is 106 cm³/mol. The number of carbonyl (C=O) groups is 2. The zero-order chi connectivity index (χ0) is 19.8. The molecule has 6 heteroatoms. The molecule has 1 aromatic rings. The predicted octanol–water partition coefficient (Wildman–Crippen LogP) is 4.43. The summed E-state index contributed by atoms with van der Waals surface area (Å²) in [6, 6.07) is 5.12. The Balaban J connectivity index is 2.25. The van der Waals surface area contributed by atoms with E-state index in [-0.39, 0.29) is 29.6 Å². The molecule has 0 spiro atoms. The molecule has 1 N–H and O–H groups in total. The van der Waals surface area contributed by atoms with Crippen LogP contribution in [0, 0.1) is 11.7 Å². The van der Waals surface area contributed by atoms with Gasteiger partial charge in [0.15, 0.2) is 0 Å². The van der Waals surface area contributed by atoms with Crippen LogP contribution in [0.5, 0.6) is 0 Å². The average Bonchev–Trinajstić information content (AvgIpc) is 2.67. The molecule has 1 aromatic carbocycles. The molecule has 4 nitrogen and oxygen atoms in total. The van der Waals surface area contributed by atoms with Crippen LogP contribution in [-0.2, 0) is 9.59 Å². The molecule has 2 rings (SSSR count). The molecule has 1 aliphatic carbocycles. The van der Waals surface area contributed by atoms with Gasteiger partial charge < -0.3 is 10.2 Å². The Kier molecular flexibility index (Phi) is 8.55. The van der Waals surface area contributed by atoms with Crippen LogP contribution in [-0.4, -0.2) is 35.2 Å². The van der Waals surface area contributed by atoms with Crippen LogP contribution in [0.25, 0.3) is 0 Å². The molecule has 1 fully saturated rings. The van der Waals surface area contributed by atoms with Gasteiger partial charge in [-0.15, -0.1) is 11.6 Å². The number of hydrogen-bond donors (Lipinski definition) is 1. The fraction of sp³-hybridized carbons (Fsp3) is 0.619. The minimum Gasteiger partial charge on any atom is -0.351 e. The molecule has 0 saturated heterocycles. The standard InChI is InChI=1S/C21H30ClFN2O2/c1-3-4-13-25(19(26)14-22)20(16-7-9-17(23)10-8-16)21(27)24-18-11-5-15(2)6-12-18/h7-10,15,18,20H,3-6,11-14H2,1-2H3,(H,24,27). The molecule has 0 radical (unpaired) electrons. The summed E-state index contributed by atoms with van der Waals surface area (Å²) in [7, 11) is 0. The van der Waals surface area contributed by atoms with Crippen LogP contribution in [0.3, 0.4) is 0 Å². The topological polar surface area (TPSA) is 49.4 Å². The molecule has 0 heterocycles. The molecule has 1 atom stereocenters. The van der Waals surface area contributed by atoms with Crippen molar-refractivity contribution < 1.29 is 14.0 Å². The van der Waals surface area contributed by atoms with Crippen molar-refractivity contribution in [3.63, 3.8) is 0 Å². The summed E-state index contributed by atoms with van der Waals surface area (Å²) in [5.74, 6) is -0.370. The van der Waals surface area contributed by atoms with Gasteiger partial charge in [0.25, 0.3) is 0 Å². The van der Waals surface area contributed by atoms with E-state index in [4.69, 9.17) is 11.6 Å². The van der Waals surface area contributed by atoms with Crippen molar-refractivity contribution in [2.45, 2.75) is 64.5 Å². The van der Waals surface area contributed by atoms with Gasteiger partial charge >= 0.3 is 0 Å². The van der Waals surface area contributed by atoms with E-state index in [0.717, 1.165) is 38.5 Å². The number of rotatable bonds is 8. The summed E-state index contributed by atoms with van der Waals surface area (Å²) in [5.41, 5.74) is 0.604. The third kappa shape index (κ3) is 6.20. The lowest BCUT2D eigenvalue weighted by Crippen LogP contribution is -2.48. The van der Waals surface area contributed by atoms with Gasteiger partial charge in [-0.25, -0.2) is 4.39 Å². The van der Waals surface area contributed by atoms with Crippen molar-refractivity contribution >= 4 is 23.4 Å². The van der Waals surface area contributed by atoms with Crippen molar-refractivity contribution in [3.05, 3.63) is 35.6 Å². The van der Waals surface area contributed by atoms with Crippen LogP contribution in [0.1, 0.15) is 64.0 Å². The normalized spacial score (nSPS) is 20.7.